The first-order valence-corrected chi connectivity index (χ1v) is 9.32. The summed E-state index contributed by atoms with van der Waals surface area (Å²) >= 11 is 0. The Bertz CT molecular complexity index is 494. The summed E-state index contributed by atoms with van der Waals surface area (Å²) in [5.41, 5.74) is 1.17. The number of rotatable bonds is 8. The maximum Gasteiger partial charge on any atom is 0.175 e. The van der Waals surface area contributed by atoms with E-state index in [-0.39, 0.29) is 0 Å². The molecule has 0 aliphatic heterocycles. The Morgan fingerprint density at radius 1 is 1.10 bits per heavy atom. The van der Waals surface area contributed by atoms with E-state index in [1.54, 1.807) is 12.1 Å². The first kappa shape index (κ1) is 17.2. The molecule has 0 bridgehead atoms. The van der Waals surface area contributed by atoms with E-state index in [2.05, 4.69) is 26.1 Å². The average molecular weight is 297 g/mol. The van der Waals surface area contributed by atoms with Gasteiger partial charge >= 0.3 is 0 Å². The minimum atomic E-state index is -3.11. The van der Waals surface area contributed by atoms with Gasteiger partial charge in [-0.05, 0) is 43.0 Å². The fourth-order valence-corrected chi connectivity index (χ4v) is 3.12. The first-order valence-electron chi connectivity index (χ1n) is 7.43. The van der Waals surface area contributed by atoms with Gasteiger partial charge in [-0.15, -0.1) is 0 Å². The van der Waals surface area contributed by atoms with Crippen molar-refractivity contribution in [1.29, 1.82) is 0 Å². The van der Waals surface area contributed by atoms with Crippen LogP contribution in [-0.4, -0.2) is 21.2 Å². The average Bonchev–Trinajstić information content (AvgIpc) is 2.39. The highest BCUT2D eigenvalue weighted by atomic mass is 32.2. The summed E-state index contributed by atoms with van der Waals surface area (Å²) in [5, 5.41) is 3.58. The molecule has 0 amide bonds. The molecule has 0 fully saturated rings. The quantitative estimate of drug-likeness (QED) is 0.798. The minimum absolute atomic E-state index is 0.295. The van der Waals surface area contributed by atoms with E-state index in [1.807, 2.05) is 12.1 Å². The molecule has 1 aromatic carbocycles. The van der Waals surface area contributed by atoms with Gasteiger partial charge in [0.25, 0.3) is 0 Å². The Morgan fingerprint density at radius 2 is 1.70 bits per heavy atom. The predicted molar refractivity (Wildman–Crippen MR) is 84.7 cm³/mol. The van der Waals surface area contributed by atoms with Crippen molar-refractivity contribution in [2.24, 2.45) is 5.92 Å². The van der Waals surface area contributed by atoms with Crippen LogP contribution in [0.1, 0.15) is 51.6 Å². The number of hydrogen-bond donors (Lipinski definition) is 1. The monoisotopic (exact) mass is 297 g/mol. The van der Waals surface area contributed by atoms with E-state index in [9.17, 15) is 8.42 Å². The summed E-state index contributed by atoms with van der Waals surface area (Å²) in [5.74, 6) is 0.538. The lowest BCUT2D eigenvalue weighted by atomic mass is 9.91. The van der Waals surface area contributed by atoms with Gasteiger partial charge in [0.2, 0.25) is 0 Å². The third-order valence-electron chi connectivity index (χ3n) is 3.59. The molecule has 4 heteroatoms. The van der Waals surface area contributed by atoms with Crippen molar-refractivity contribution in [3.63, 3.8) is 0 Å². The highest BCUT2D eigenvalue weighted by molar-refractivity contribution is 7.90. The highest BCUT2D eigenvalue weighted by Gasteiger charge is 2.18. The second kappa shape index (κ2) is 7.79. The summed E-state index contributed by atoms with van der Waals surface area (Å²) in [6, 6.07) is 7.60. The predicted octanol–water partition coefficient (Wildman–Crippen LogP) is 3.57. The van der Waals surface area contributed by atoms with E-state index in [0.717, 1.165) is 25.8 Å². The molecule has 2 atom stereocenters. The lowest BCUT2D eigenvalue weighted by Gasteiger charge is -2.25. The molecule has 0 radical (unpaired) electrons. The van der Waals surface area contributed by atoms with Crippen molar-refractivity contribution in [2.75, 3.05) is 12.8 Å². The van der Waals surface area contributed by atoms with Crippen LogP contribution < -0.4 is 5.32 Å². The molecule has 1 N–H and O–H groups in total. The molecule has 114 valence electrons. The molecule has 0 saturated carbocycles. The van der Waals surface area contributed by atoms with Crippen LogP contribution in [0.25, 0.3) is 0 Å². The molecule has 20 heavy (non-hydrogen) atoms. The van der Waals surface area contributed by atoms with E-state index >= 15 is 0 Å². The van der Waals surface area contributed by atoms with Crippen molar-refractivity contribution in [3.8, 4) is 0 Å². The Balaban J connectivity index is 2.95. The Kier molecular flexibility index (Phi) is 6.69. The van der Waals surface area contributed by atoms with Gasteiger partial charge in [0.1, 0.15) is 0 Å². The third kappa shape index (κ3) is 4.91. The van der Waals surface area contributed by atoms with Gasteiger partial charge < -0.3 is 5.32 Å². The zero-order valence-corrected chi connectivity index (χ0v) is 13.8. The normalized spacial score (nSPS) is 15.0. The van der Waals surface area contributed by atoms with Gasteiger partial charge in [-0.2, -0.15) is 0 Å². The molecule has 3 nitrogen and oxygen atoms in total. The van der Waals surface area contributed by atoms with Gasteiger partial charge in [-0.25, -0.2) is 8.42 Å². The molecular weight excluding hydrogens is 270 g/mol. The zero-order chi connectivity index (χ0) is 15.2. The lowest BCUT2D eigenvalue weighted by Crippen LogP contribution is -2.27. The Hall–Kier alpha value is -0.870. The molecule has 1 rings (SSSR count). The number of benzene rings is 1. The van der Waals surface area contributed by atoms with Crippen LogP contribution in [0.5, 0.6) is 0 Å². The van der Waals surface area contributed by atoms with Crippen LogP contribution in [0.15, 0.2) is 29.2 Å². The maximum atomic E-state index is 11.5. The SMILES string of the molecule is CCCNC(c1ccc(S(C)(=O)=O)cc1)C(C)CCC. The maximum absolute atomic E-state index is 11.5. The smallest absolute Gasteiger partial charge is 0.175 e. The van der Waals surface area contributed by atoms with Crippen LogP contribution in [0.4, 0.5) is 0 Å². The summed E-state index contributed by atoms with van der Waals surface area (Å²) in [6.45, 7) is 7.58. The Labute approximate surface area is 123 Å². The van der Waals surface area contributed by atoms with Crippen LogP contribution in [0.2, 0.25) is 0 Å². The molecule has 0 spiro atoms. The molecule has 0 aliphatic carbocycles. The zero-order valence-electron chi connectivity index (χ0n) is 13.0. The molecule has 0 saturated heterocycles. The standard InChI is InChI=1S/C16H27NO2S/c1-5-7-13(3)16(17-12-6-2)14-8-10-15(11-9-14)20(4,18)19/h8-11,13,16-17H,5-7,12H2,1-4H3. The van der Waals surface area contributed by atoms with Crippen molar-refractivity contribution in [3.05, 3.63) is 29.8 Å². The molecule has 2 unspecified atom stereocenters. The van der Waals surface area contributed by atoms with Crippen molar-refractivity contribution >= 4 is 9.84 Å². The van der Waals surface area contributed by atoms with Crippen LogP contribution in [0.3, 0.4) is 0 Å². The molecule has 0 aromatic heterocycles. The largest absolute Gasteiger partial charge is 0.310 e. The minimum Gasteiger partial charge on any atom is -0.310 e. The third-order valence-corrected chi connectivity index (χ3v) is 4.72. The Morgan fingerprint density at radius 3 is 2.15 bits per heavy atom. The number of sulfone groups is 1. The molecular formula is C16H27NO2S. The van der Waals surface area contributed by atoms with E-state index in [1.165, 1.54) is 11.8 Å². The molecule has 1 aromatic rings. The number of nitrogens with one attached hydrogen (secondary N) is 1. The van der Waals surface area contributed by atoms with Gasteiger partial charge in [0, 0.05) is 12.3 Å². The second-order valence-electron chi connectivity index (χ2n) is 5.54. The van der Waals surface area contributed by atoms with Crippen molar-refractivity contribution in [1.82, 2.24) is 5.32 Å². The van der Waals surface area contributed by atoms with Crippen LogP contribution in [-0.2, 0) is 9.84 Å². The summed E-state index contributed by atoms with van der Waals surface area (Å²) in [7, 11) is -3.11. The van der Waals surface area contributed by atoms with Gasteiger partial charge in [-0.3, -0.25) is 0 Å². The highest BCUT2D eigenvalue weighted by Crippen LogP contribution is 2.26. The molecule has 0 aliphatic rings. The van der Waals surface area contributed by atoms with Gasteiger partial charge in [0.15, 0.2) is 9.84 Å². The summed E-state index contributed by atoms with van der Waals surface area (Å²) < 4.78 is 23.0. The van der Waals surface area contributed by atoms with E-state index in [4.69, 9.17) is 0 Å². The second-order valence-corrected chi connectivity index (χ2v) is 7.55. The number of hydrogen-bond acceptors (Lipinski definition) is 3. The first-order chi connectivity index (χ1) is 9.40. The lowest BCUT2D eigenvalue weighted by molar-refractivity contribution is 0.363. The van der Waals surface area contributed by atoms with Crippen molar-refractivity contribution in [2.45, 2.75) is 51.0 Å². The van der Waals surface area contributed by atoms with E-state index < -0.39 is 9.84 Å². The van der Waals surface area contributed by atoms with Gasteiger partial charge in [0.05, 0.1) is 4.90 Å². The van der Waals surface area contributed by atoms with Crippen LogP contribution in [0, 0.1) is 5.92 Å². The van der Waals surface area contributed by atoms with Crippen LogP contribution >= 0.6 is 0 Å². The fraction of sp³-hybridized carbons (Fsp3) is 0.625. The van der Waals surface area contributed by atoms with Gasteiger partial charge in [-0.1, -0.05) is 39.3 Å². The topological polar surface area (TPSA) is 46.2 Å². The molecule has 0 heterocycles. The summed E-state index contributed by atoms with van der Waals surface area (Å²) in [6.07, 6.45) is 4.66. The van der Waals surface area contributed by atoms with E-state index in [0.29, 0.717) is 16.9 Å². The van der Waals surface area contributed by atoms with Crippen molar-refractivity contribution < 1.29 is 8.42 Å². The summed E-state index contributed by atoms with van der Waals surface area (Å²) in [4.78, 5) is 0.388. The fourth-order valence-electron chi connectivity index (χ4n) is 2.49.